The molecule has 2 aromatic rings. The number of imidazole rings is 1. The first kappa shape index (κ1) is 15.7. The number of rotatable bonds is 4. The molecule has 0 saturated carbocycles. The Labute approximate surface area is 146 Å². The average molecular weight is 349 g/mol. The molecule has 0 aliphatic carbocycles. The molecule has 1 saturated heterocycles. The molecule has 2 unspecified atom stereocenters. The van der Waals surface area contributed by atoms with Crippen LogP contribution in [-0.4, -0.2) is 28.4 Å². The molecule has 3 heterocycles. The smallest absolute Gasteiger partial charge is 0.231 e. The SMILES string of the molecule is CC1NNC(C)C1CCn1ccnc1-c1cc2c(cc1Cl)OCO2. The fourth-order valence-corrected chi connectivity index (χ4v) is 3.76. The number of aryl methyl sites for hydroxylation is 1. The standard InChI is InChI=1S/C17H21ClN4O2/c1-10-12(11(2)21-20-10)3-5-22-6-4-19-17(22)13-7-15-16(8-14(13)18)24-9-23-15/h4,6-8,10-12,20-21H,3,5,9H2,1-2H3. The zero-order chi connectivity index (χ0) is 16.7. The van der Waals surface area contributed by atoms with Crippen molar-refractivity contribution in [3.8, 4) is 22.9 Å². The summed E-state index contributed by atoms with van der Waals surface area (Å²) in [6.07, 6.45) is 4.88. The Morgan fingerprint density at radius 1 is 1.21 bits per heavy atom. The van der Waals surface area contributed by atoms with E-state index in [-0.39, 0.29) is 6.79 Å². The first-order valence-electron chi connectivity index (χ1n) is 8.25. The molecule has 6 nitrogen and oxygen atoms in total. The highest BCUT2D eigenvalue weighted by Crippen LogP contribution is 2.40. The van der Waals surface area contributed by atoms with Crippen LogP contribution in [0.5, 0.6) is 11.5 Å². The quantitative estimate of drug-likeness (QED) is 0.889. The van der Waals surface area contributed by atoms with Crippen molar-refractivity contribution in [3.05, 3.63) is 29.5 Å². The van der Waals surface area contributed by atoms with Crippen LogP contribution in [0.2, 0.25) is 5.02 Å². The normalized spacial score (nSPS) is 25.4. The highest BCUT2D eigenvalue weighted by molar-refractivity contribution is 6.33. The van der Waals surface area contributed by atoms with Crippen LogP contribution in [0, 0.1) is 5.92 Å². The minimum absolute atomic E-state index is 0.237. The summed E-state index contributed by atoms with van der Waals surface area (Å²) in [6, 6.07) is 4.63. The number of halogens is 1. The summed E-state index contributed by atoms with van der Waals surface area (Å²) in [5, 5.41) is 0.623. The summed E-state index contributed by atoms with van der Waals surface area (Å²) in [4.78, 5) is 4.51. The van der Waals surface area contributed by atoms with Gasteiger partial charge >= 0.3 is 0 Å². The molecule has 0 amide bonds. The summed E-state index contributed by atoms with van der Waals surface area (Å²) in [6.45, 7) is 5.55. The van der Waals surface area contributed by atoms with Crippen molar-refractivity contribution in [3.63, 3.8) is 0 Å². The van der Waals surface area contributed by atoms with Gasteiger partial charge in [0.05, 0.1) is 5.02 Å². The number of hydrogen-bond acceptors (Lipinski definition) is 5. The van der Waals surface area contributed by atoms with E-state index in [0.717, 1.165) is 30.1 Å². The number of fused-ring (bicyclic) bond motifs is 1. The Kier molecular flexibility index (Phi) is 4.12. The van der Waals surface area contributed by atoms with Gasteiger partial charge < -0.3 is 14.0 Å². The van der Waals surface area contributed by atoms with Crippen LogP contribution < -0.4 is 20.3 Å². The van der Waals surface area contributed by atoms with Crippen LogP contribution >= 0.6 is 11.6 Å². The van der Waals surface area contributed by atoms with Crippen molar-refractivity contribution in [1.82, 2.24) is 20.4 Å². The minimum atomic E-state index is 0.237. The highest BCUT2D eigenvalue weighted by Gasteiger charge is 2.29. The predicted octanol–water partition coefficient (Wildman–Crippen LogP) is 2.82. The van der Waals surface area contributed by atoms with E-state index < -0.39 is 0 Å². The molecule has 1 fully saturated rings. The van der Waals surface area contributed by atoms with E-state index in [1.807, 2.05) is 18.5 Å². The van der Waals surface area contributed by atoms with Gasteiger partial charge in [-0.3, -0.25) is 10.9 Å². The van der Waals surface area contributed by atoms with Crippen molar-refractivity contribution in [2.45, 2.75) is 38.9 Å². The fourth-order valence-electron chi connectivity index (χ4n) is 3.52. The molecule has 2 atom stereocenters. The van der Waals surface area contributed by atoms with Gasteiger partial charge in [0, 0.05) is 42.7 Å². The van der Waals surface area contributed by atoms with Gasteiger partial charge in [-0.2, -0.15) is 0 Å². The predicted molar refractivity (Wildman–Crippen MR) is 92.1 cm³/mol. The average Bonchev–Trinajstić information content (AvgIpc) is 3.26. The lowest BCUT2D eigenvalue weighted by Gasteiger charge is -2.19. The van der Waals surface area contributed by atoms with E-state index in [1.165, 1.54) is 0 Å². The van der Waals surface area contributed by atoms with Gasteiger partial charge in [-0.15, -0.1) is 0 Å². The second kappa shape index (κ2) is 6.27. The van der Waals surface area contributed by atoms with Crippen LogP contribution in [0.1, 0.15) is 20.3 Å². The third-order valence-corrected chi connectivity index (χ3v) is 5.26. The van der Waals surface area contributed by atoms with Gasteiger partial charge in [-0.25, -0.2) is 4.98 Å². The molecule has 1 aromatic heterocycles. The van der Waals surface area contributed by atoms with Crippen LogP contribution in [0.25, 0.3) is 11.4 Å². The summed E-state index contributed by atoms with van der Waals surface area (Å²) in [5.41, 5.74) is 7.48. The number of aromatic nitrogens is 2. The number of nitrogens with one attached hydrogen (secondary N) is 2. The monoisotopic (exact) mass is 348 g/mol. The Hall–Kier alpha value is -1.76. The highest BCUT2D eigenvalue weighted by atomic mass is 35.5. The molecule has 24 heavy (non-hydrogen) atoms. The van der Waals surface area contributed by atoms with Crippen LogP contribution in [-0.2, 0) is 6.54 Å². The third kappa shape index (κ3) is 2.75. The Morgan fingerprint density at radius 3 is 2.67 bits per heavy atom. The molecule has 7 heteroatoms. The Bertz CT molecular complexity index is 738. The van der Waals surface area contributed by atoms with E-state index in [4.69, 9.17) is 21.1 Å². The molecule has 1 aromatic carbocycles. The minimum Gasteiger partial charge on any atom is -0.454 e. The summed E-state index contributed by atoms with van der Waals surface area (Å²) < 4.78 is 13.0. The molecule has 4 rings (SSSR count). The fraction of sp³-hybridized carbons (Fsp3) is 0.471. The summed E-state index contributed by atoms with van der Waals surface area (Å²) in [5.74, 6) is 2.84. The van der Waals surface area contributed by atoms with E-state index in [2.05, 4.69) is 34.3 Å². The lowest BCUT2D eigenvalue weighted by atomic mass is 9.93. The van der Waals surface area contributed by atoms with Gasteiger partial charge in [-0.05, 0) is 32.3 Å². The van der Waals surface area contributed by atoms with Gasteiger partial charge in [-0.1, -0.05) is 11.6 Å². The first-order valence-corrected chi connectivity index (χ1v) is 8.63. The molecule has 0 bridgehead atoms. The molecule has 0 radical (unpaired) electrons. The van der Waals surface area contributed by atoms with Gasteiger partial charge in [0.15, 0.2) is 11.5 Å². The van der Waals surface area contributed by atoms with Crippen molar-refractivity contribution in [2.75, 3.05) is 6.79 Å². The maximum Gasteiger partial charge on any atom is 0.231 e. The van der Waals surface area contributed by atoms with E-state index in [9.17, 15) is 0 Å². The zero-order valence-electron chi connectivity index (χ0n) is 13.8. The van der Waals surface area contributed by atoms with Crippen LogP contribution in [0.4, 0.5) is 0 Å². The van der Waals surface area contributed by atoms with Crippen molar-refractivity contribution in [2.24, 2.45) is 5.92 Å². The second-order valence-corrected chi connectivity index (χ2v) is 6.86. The number of nitrogens with zero attached hydrogens (tertiary/aromatic N) is 2. The van der Waals surface area contributed by atoms with Gasteiger partial charge in [0.25, 0.3) is 0 Å². The molecule has 2 N–H and O–H groups in total. The topological polar surface area (TPSA) is 60.3 Å². The first-order chi connectivity index (χ1) is 11.6. The maximum absolute atomic E-state index is 6.44. The maximum atomic E-state index is 6.44. The number of hydrazine groups is 1. The van der Waals surface area contributed by atoms with E-state index >= 15 is 0 Å². The van der Waals surface area contributed by atoms with Gasteiger partial charge in [0.1, 0.15) is 5.82 Å². The van der Waals surface area contributed by atoms with E-state index in [0.29, 0.717) is 28.8 Å². The summed E-state index contributed by atoms with van der Waals surface area (Å²) >= 11 is 6.44. The Morgan fingerprint density at radius 2 is 1.92 bits per heavy atom. The second-order valence-electron chi connectivity index (χ2n) is 6.45. The largest absolute Gasteiger partial charge is 0.454 e. The molecule has 2 aliphatic rings. The summed E-state index contributed by atoms with van der Waals surface area (Å²) in [7, 11) is 0. The Balaban J connectivity index is 1.57. The number of hydrogen-bond donors (Lipinski definition) is 2. The lowest BCUT2D eigenvalue weighted by Crippen LogP contribution is -2.30. The van der Waals surface area contributed by atoms with Gasteiger partial charge in [0.2, 0.25) is 6.79 Å². The molecule has 0 spiro atoms. The zero-order valence-corrected chi connectivity index (χ0v) is 14.5. The van der Waals surface area contributed by atoms with Crippen LogP contribution in [0.15, 0.2) is 24.5 Å². The molecule has 2 aliphatic heterocycles. The van der Waals surface area contributed by atoms with Crippen molar-refractivity contribution < 1.29 is 9.47 Å². The molecular weight excluding hydrogens is 328 g/mol. The van der Waals surface area contributed by atoms with E-state index in [1.54, 1.807) is 6.07 Å². The molecular formula is C17H21ClN4O2. The molecule has 128 valence electrons. The van der Waals surface area contributed by atoms with Crippen molar-refractivity contribution in [1.29, 1.82) is 0 Å². The number of ether oxygens (including phenoxy) is 2. The lowest BCUT2D eigenvalue weighted by molar-refractivity contribution is 0.174. The van der Waals surface area contributed by atoms with Crippen molar-refractivity contribution >= 4 is 11.6 Å². The third-order valence-electron chi connectivity index (χ3n) is 4.95. The number of benzene rings is 1. The van der Waals surface area contributed by atoms with Crippen LogP contribution in [0.3, 0.4) is 0 Å².